The highest BCUT2D eigenvalue weighted by Crippen LogP contribution is 2.29. The molecule has 1 aromatic heterocycles. The molecule has 0 bridgehead atoms. The summed E-state index contributed by atoms with van der Waals surface area (Å²) in [6, 6.07) is 15.8. The van der Waals surface area contributed by atoms with E-state index in [1.165, 1.54) is 0 Å². The van der Waals surface area contributed by atoms with Crippen molar-refractivity contribution in [3.05, 3.63) is 54.1 Å². The average Bonchev–Trinajstić information content (AvgIpc) is 3.33. The average molecular weight is 421 g/mol. The molecular formula is C24H32N6O. The Bertz CT molecular complexity index is 952. The van der Waals surface area contributed by atoms with Gasteiger partial charge in [0.2, 0.25) is 11.7 Å². The Labute approximate surface area is 184 Å². The third-order valence-corrected chi connectivity index (χ3v) is 5.50. The third-order valence-electron chi connectivity index (χ3n) is 5.50. The van der Waals surface area contributed by atoms with E-state index in [1.807, 2.05) is 43.0 Å². The molecule has 0 saturated heterocycles. The minimum absolute atomic E-state index is 0.0256. The van der Waals surface area contributed by atoms with Crippen molar-refractivity contribution >= 4 is 5.91 Å². The summed E-state index contributed by atoms with van der Waals surface area (Å²) >= 11 is 0. The molecule has 7 heteroatoms. The zero-order valence-corrected chi connectivity index (χ0v) is 18.6. The molecular weight excluding hydrogens is 388 g/mol. The molecule has 0 aliphatic heterocycles. The molecule has 31 heavy (non-hydrogen) atoms. The summed E-state index contributed by atoms with van der Waals surface area (Å²) < 4.78 is 0. The van der Waals surface area contributed by atoms with Gasteiger partial charge in [-0.25, -0.2) is 0 Å². The van der Waals surface area contributed by atoms with Crippen LogP contribution in [0.25, 0.3) is 22.5 Å². The molecule has 3 N–H and O–H groups in total. The first-order valence-electron chi connectivity index (χ1n) is 11.0. The number of hydrogen-bond acceptors (Lipinski definition) is 5. The van der Waals surface area contributed by atoms with Gasteiger partial charge in [-0.15, -0.1) is 10.2 Å². The van der Waals surface area contributed by atoms with Crippen molar-refractivity contribution < 1.29 is 4.79 Å². The number of unbranched alkanes of at least 4 members (excludes halogenated alkanes) is 2. The van der Waals surface area contributed by atoms with Crippen molar-refractivity contribution in [2.24, 2.45) is 11.7 Å². The standard InChI is InChI=1S/C24H32N6O/c1-4-5-8-15-30(24(31)22(25)17(2)3)16-18-11-13-19(14-12-18)20-9-6-7-10-21(20)23-26-28-29-27-23/h6-7,9-14,17,22H,4-5,8,15-16,25H2,1-3H3,(H,26,27,28,29)/t22-/m0/s1. The van der Waals surface area contributed by atoms with E-state index in [2.05, 4.69) is 51.8 Å². The number of carbonyl (C=O) groups is 1. The van der Waals surface area contributed by atoms with Crippen LogP contribution in [0.4, 0.5) is 0 Å². The Balaban J connectivity index is 1.79. The maximum absolute atomic E-state index is 12.9. The predicted octanol–water partition coefficient (Wildman–Crippen LogP) is 4.04. The fraction of sp³-hybridized carbons (Fsp3) is 0.417. The van der Waals surface area contributed by atoms with E-state index < -0.39 is 6.04 Å². The molecule has 0 aliphatic carbocycles. The highest BCUT2D eigenvalue weighted by molar-refractivity contribution is 5.82. The number of aromatic amines is 1. The normalized spacial score (nSPS) is 12.2. The summed E-state index contributed by atoms with van der Waals surface area (Å²) in [6.45, 7) is 7.44. The van der Waals surface area contributed by atoms with E-state index in [0.29, 0.717) is 12.4 Å². The second kappa shape index (κ2) is 10.8. The molecule has 0 spiro atoms. The van der Waals surface area contributed by atoms with E-state index in [-0.39, 0.29) is 11.8 Å². The van der Waals surface area contributed by atoms with Crippen molar-refractivity contribution in [1.82, 2.24) is 25.5 Å². The molecule has 7 nitrogen and oxygen atoms in total. The summed E-state index contributed by atoms with van der Waals surface area (Å²) in [5.41, 5.74) is 10.3. The lowest BCUT2D eigenvalue weighted by Gasteiger charge is -2.27. The minimum Gasteiger partial charge on any atom is -0.337 e. The third kappa shape index (κ3) is 5.76. The maximum atomic E-state index is 12.9. The van der Waals surface area contributed by atoms with Gasteiger partial charge < -0.3 is 10.6 Å². The molecule has 3 aromatic rings. The fourth-order valence-electron chi connectivity index (χ4n) is 3.53. The lowest BCUT2D eigenvalue weighted by atomic mass is 9.98. The summed E-state index contributed by atoms with van der Waals surface area (Å²) in [5.74, 6) is 0.706. The van der Waals surface area contributed by atoms with Crippen molar-refractivity contribution in [2.45, 2.75) is 52.6 Å². The van der Waals surface area contributed by atoms with Crippen LogP contribution in [0.3, 0.4) is 0 Å². The molecule has 0 unspecified atom stereocenters. The molecule has 0 aliphatic rings. The van der Waals surface area contributed by atoms with Crippen molar-refractivity contribution in [3.8, 4) is 22.5 Å². The molecule has 1 atom stereocenters. The van der Waals surface area contributed by atoms with Crippen LogP contribution < -0.4 is 5.73 Å². The summed E-state index contributed by atoms with van der Waals surface area (Å²) in [6.07, 6.45) is 3.21. The molecule has 1 amide bonds. The monoisotopic (exact) mass is 420 g/mol. The van der Waals surface area contributed by atoms with Crippen molar-refractivity contribution in [1.29, 1.82) is 0 Å². The number of tetrazole rings is 1. The Morgan fingerprint density at radius 2 is 1.77 bits per heavy atom. The SMILES string of the molecule is CCCCCN(Cc1ccc(-c2ccccc2-c2nn[nH]n2)cc1)C(=O)[C@@H](N)C(C)C. The van der Waals surface area contributed by atoms with Gasteiger partial charge in [0.1, 0.15) is 0 Å². The molecule has 164 valence electrons. The van der Waals surface area contributed by atoms with Crippen LogP contribution in [0.5, 0.6) is 0 Å². The van der Waals surface area contributed by atoms with Gasteiger partial charge in [0, 0.05) is 18.7 Å². The molecule has 3 rings (SSSR count). The second-order valence-electron chi connectivity index (χ2n) is 8.21. The fourth-order valence-corrected chi connectivity index (χ4v) is 3.53. The summed E-state index contributed by atoms with van der Waals surface area (Å²) in [5, 5.41) is 14.4. The minimum atomic E-state index is -0.470. The van der Waals surface area contributed by atoms with Gasteiger partial charge in [0.15, 0.2) is 0 Å². The molecule has 0 fully saturated rings. The van der Waals surface area contributed by atoms with Crippen LogP contribution in [0.2, 0.25) is 0 Å². The number of carbonyl (C=O) groups excluding carboxylic acids is 1. The zero-order chi connectivity index (χ0) is 22.2. The number of amides is 1. The quantitative estimate of drug-likeness (QED) is 0.482. The smallest absolute Gasteiger partial charge is 0.240 e. The first-order valence-corrected chi connectivity index (χ1v) is 11.0. The Kier molecular flexibility index (Phi) is 7.89. The van der Waals surface area contributed by atoms with Gasteiger partial charge in [-0.05, 0) is 34.2 Å². The largest absolute Gasteiger partial charge is 0.337 e. The lowest BCUT2D eigenvalue weighted by molar-refractivity contribution is -0.134. The number of hydrogen-bond donors (Lipinski definition) is 2. The molecule has 0 saturated carbocycles. The van der Waals surface area contributed by atoms with Crippen LogP contribution in [-0.2, 0) is 11.3 Å². The van der Waals surface area contributed by atoms with Gasteiger partial charge in [-0.3, -0.25) is 4.79 Å². The van der Waals surface area contributed by atoms with Crippen LogP contribution >= 0.6 is 0 Å². The number of nitrogens with zero attached hydrogens (tertiary/aromatic N) is 4. The number of H-pyrrole nitrogens is 1. The van der Waals surface area contributed by atoms with E-state index in [1.54, 1.807) is 0 Å². The number of nitrogens with one attached hydrogen (secondary N) is 1. The van der Waals surface area contributed by atoms with E-state index in [0.717, 1.165) is 48.1 Å². The van der Waals surface area contributed by atoms with Crippen molar-refractivity contribution in [3.63, 3.8) is 0 Å². The highest BCUT2D eigenvalue weighted by atomic mass is 16.2. The van der Waals surface area contributed by atoms with Crippen LogP contribution in [0, 0.1) is 5.92 Å². The molecule has 2 aromatic carbocycles. The van der Waals surface area contributed by atoms with Crippen molar-refractivity contribution in [2.75, 3.05) is 6.54 Å². The van der Waals surface area contributed by atoms with E-state index in [9.17, 15) is 4.79 Å². The van der Waals surface area contributed by atoms with E-state index >= 15 is 0 Å². The Hall–Kier alpha value is -3.06. The summed E-state index contributed by atoms with van der Waals surface area (Å²) in [4.78, 5) is 14.8. The topological polar surface area (TPSA) is 101 Å². The van der Waals surface area contributed by atoms with Crippen LogP contribution in [-0.4, -0.2) is 44.0 Å². The Morgan fingerprint density at radius 1 is 1.06 bits per heavy atom. The number of aromatic nitrogens is 4. The van der Waals surface area contributed by atoms with Gasteiger partial charge in [0.25, 0.3) is 0 Å². The van der Waals surface area contributed by atoms with E-state index in [4.69, 9.17) is 5.73 Å². The number of nitrogens with two attached hydrogens (primary N) is 1. The van der Waals surface area contributed by atoms with Gasteiger partial charge in [-0.2, -0.15) is 5.21 Å². The van der Waals surface area contributed by atoms with Gasteiger partial charge in [-0.1, -0.05) is 82.1 Å². The van der Waals surface area contributed by atoms with Gasteiger partial charge >= 0.3 is 0 Å². The predicted molar refractivity (Wildman–Crippen MR) is 123 cm³/mol. The first-order chi connectivity index (χ1) is 15.0. The zero-order valence-electron chi connectivity index (χ0n) is 18.6. The number of benzene rings is 2. The maximum Gasteiger partial charge on any atom is 0.240 e. The van der Waals surface area contributed by atoms with Crippen LogP contribution in [0.1, 0.15) is 45.6 Å². The lowest BCUT2D eigenvalue weighted by Crippen LogP contribution is -2.46. The van der Waals surface area contributed by atoms with Gasteiger partial charge in [0.05, 0.1) is 6.04 Å². The number of rotatable bonds is 10. The first kappa shape index (κ1) is 22.6. The Morgan fingerprint density at radius 3 is 2.39 bits per heavy atom. The van der Waals surface area contributed by atoms with Crippen LogP contribution in [0.15, 0.2) is 48.5 Å². The summed E-state index contributed by atoms with van der Waals surface area (Å²) in [7, 11) is 0. The highest BCUT2D eigenvalue weighted by Gasteiger charge is 2.23. The second-order valence-corrected chi connectivity index (χ2v) is 8.21. The molecule has 0 radical (unpaired) electrons. The molecule has 1 heterocycles.